The average molecular weight is 445 g/mol. The average Bonchev–Trinajstić information content (AvgIpc) is 2.78. The minimum atomic E-state index is -0.191. The highest BCUT2D eigenvalue weighted by atomic mass is 19.1. The molecule has 1 aliphatic carbocycles. The SMILES string of the molecule is CN=C(NCCN1CCN(C(=O)C2CCC2)CC1)NC1CCCN(c2cccc(F)c2)C1. The van der Waals surface area contributed by atoms with Gasteiger partial charge in [0, 0.05) is 77.1 Å². The summed E-state index contributed by atoms with van der Waals surface area (Å²) in [7, 11) is 1.80. The maximum absolute atomic E-state index is 13.6. The van der Waals surface area contributed by atoms with Gasteiger partial charge in [0.25, 0.3) is 0 Å². The number of benzene rings is 1. The van der Waals surface area contributed by atoms with E-state index in [1.807, 2.05) is 6.07 Å². The largest absolute Gasteiger partial charge is 0.369 e. The monoisotopic (exact) mass is 444 g/mol. The normalized spacial score (nSPS) is 23.1. The summed E-state index contributed by atoms with van der Waals surface area (Å²) in [5, 5.41) is 6.97. The summed E-state index contributed by atoms with van der Waals surface area (Å²) in [6.45, 7) is 7.11. The molecule has 1 aromatic carbocycles. The number of rotatable bonds is 6. The maximum atomic E-state index is 13.6. The molecule has 3 aliphatic rings. The number of anilines is 1. The summed E-state index contributed by atoms with van der Waals surface area (Å²) in [6, 6.07) is 7.11. The molecule has 2 saturated heterocycles. The number of amides is 1. The molecule has 7 nitrogen and oxygen atoms in total. The second-order valence-electron chi connectivity index (χ2n) is 9.20. The first-order valence-corrected chi connectivity index (χ1v) is 12.1. The zero-order valence-electron chi connectivity index (χ0n) is 19.2. The van der Waals surface area contributed by atoms with E-state index in [4.69, 9.17) is 0 Å². The van der Waals surface area contributed by atoms with Crippen LogP contribution in [-0.4, -0.2) is 87.1 Å². The lowest BCUT2D eigenvalue weighted by Crippen LogP contribution is -2.54. The van der Waals surface area contributed by atoms with Gasteiger partial charge in [-0.3, -0.25) is 14.7 Å². The van der Waals surface area contributed by atoms with E-state index in [9.17, 15) is 9.18 Å². The first-order chi connectivity index (χ1) is 15.6. The standard InChI is InChI=1S/C24H37FN6O/c1-26-24(28-21-8-4-11-31(18-21)22-9-3-7-20(25)17-22)27-10-12-29-13-15-30(16-14-29)23(32)19-5-2-6-19/h3,7,9,17,19,21H,2,4-6,8,10-16,18H2,1H3,(H2,26,27,28). The summed E-state index contributed by atoms with van der Waals surface area (Å²) < 4.78 is 13.6. The van der Waals surface area contributed by atoms with E-state index in [-0.39, 0.29) is 11.9 Å². The van der Waals surface area contributed by atoms with Gasteiger partial charge in [-0.05, 0) is 43.9 Å². The molecule has 8 heteroatoms. The molecule has 1 aromatic rings. The van der Waals surface area contributed by atoms with Crippen molar-refractivity contribution in [2.24, 2.45) is 10.9 Å². The molecule has 0 spiro atoms. The topological polar surface area (TPSA) is 63.2 Å². The second kappa shape index (κ2) is 11.0. The fraction of sp³-hybridized carbons (Fsp3) is 0.667. The van der Waals surface area contributed by atoms with Crippen molar-refractivity contribution in [3.63, 3.8) is 0 Å². The summed E-state index contributed by atoms with van der Waals surface area (Å²) in [5.41, 5.74) is 0.939. The van der Waals surface area contributed by atoms with Crippen molar-refractivity contribution in [3.05, 3.63) is 30.1 Å². The van der Waals surface area contributed by atoms with Crippen molar-refractivity contribution in [1.29, 1.82) is 0 Å². The van der Waals surface area contributed by atoms with Crippen molar-refractivity contribution in [1.82, 2.24) is 20.4 Å². The number of nitrogens with one attached hydrogen (secondary N) is 2. The van der Waals surface area contributed by atoms with E-state index in [0.29, 0.717) is 11.8 Å². The number of halogens is 1. The highest BCUT2D eigenvalue weighted by Crippen LogP contribution is 2.28. The fourth-order valence-corrected chi connectivity index (χ4v) is 4.83. The van der Waals surface area contributed by atoms with Crippen LogP contribution in [0.4, 0.5) is 10.1 Å². The quantitative estimate of drug-likeness (QED) is 0.518. The van der Waals surface area contributed by atoms with E-state index < -0.39 is 0 Å². The summed E-state index contributed by atoms with van der Waals surface area (Å²) >= 11 is 0. The number of aliphatic imine (C=N–C) groups is 1. The zero-order chi connectivity index (χ0) is 22.3. The Balaban J connectivity index is 1.16. The molecular weight excluding hydrogens is 407 g/mol. The molecule has 1 saturated carbocycles. The number of nitrogens with zero attached hydrogens (tertiary/aromatic N) is 4. The Bertz CT molecular complexity index is 790. The number of piperidine rings is 1. The molecule has 0 aromatic heterocycles. The number of hydrogen-bond donors (Lipinski definition) is 2. The molecule has 32 heavy (non-hydrogen) atoms. The van der Waals surface area contributed by atoms with Gasteiger partial charge in [0.1, 0.15) is 5.82 Å². The van der Waals surface area contributed by atoms with Gasteiger partial charge < -0.3 is 20.4 Å². The molecule has 0 bridgehead atoms. The molecule has 0 radical (unpaired) electrons. The fourth-order valence-electron chi connectivity index (χ4n) is 4.83. The molecule has 176 valence electrons. The first-order valence-electron chi connectivity index (χ1n) is 12.1. The third-order valence-electron chi connectivity index (χ3n) is 7.02. The Labute approximate surface area is 191 Å². The van der Waals surface area contributed by atoms with Crippen LogP contribution >= 0.6 is 0 Å². The Morgan fingerprint density at radius 1 is 1.12 bits per heavy atom. The van der Waals surface area contributed by atoms with Crippen LogP contribution in [0.1, 0.15) is 32.1 Å². The van der Waals surface area contributed by atoms with Crippen molar-refractivity contribution in [2.75, 3.05) is 64.3 Å². The van der Waals surface area contributed by atoms with Crippen LogP contribution in [0.15, 0.2) is 29.3 Å². The summed E-state index contributed by atoms with van der Waals surface area (Å²) in [6.07, 6.45) is 5.51. The second-order valence-corrected chi connectivity index (χ2v) is 9.20. The molecule has 3 fully saturated rings. The number of carbonyl (C=O) groups excluding carboxylic acids is 1. The minimum absolute atomic E-state index is 0.191. The van der Waals surface area contributed by atoms with Crippen LogP contribution in [0.25, 0.3) is 0 Å². The van der Waals surface area contributed by atoms with Crippen LogP contribution in [-0.2, 0) is 4.79 Å². The van der Waals surface area contributed by atoms with E-state index >= 15 is 0 Å². The van der Waals surface area contributed by atoms with Crippen molar-refractivity contribution in [3.8, 4) is 0 Å². The van der Waals surface area contributed by atoms with E-state index in [2.05, 4.69) is 30.3 Å². The highest BCUT2D eigenvalue weighted by Gasteiger charge is 2.31. The van der Waals surface area contributed by atoms with Crippen molar-refractivity contribution < 1.29 is 9.18 Å². The summed E-state index contributed by atoms with van der Waals surface area (Å²) in [4.78, 5) is 23.5. The molecular formula is C24H37FN6O. The Morgan fingerprint density at radius 3 is 2.62 bits per heavy atom. The van der Waals surface area contributed by atoms with Gasteiger partial charge in [-0.2, -0.15) is 0 Å². The van der Waals surface area contributed by atoms with Crippen molar-refractivity contribution >= 4 is 17.6 Å². The van der Waals surface area contributed by atoms with Crippen LogP contribution in [0.3, 0.4) is 0 Å². The Hall–Kier alpha value is -2.35. The van der Waals surface area contributed by atoms with Crippen LogP contribution in [0, 0.1) is 11.7 Å². The molecule has 1 unspecified atom stereocenters. The smallest absolute Gasteiger partial charge is 0.225 e. The van der Waals surface area contributed by atoms with Gasteiger partial charge >= 0.3 is 0 Å². The predicted molar refractivity (Wildman–Crippen MR) is 126 cm³/mol. The lowest BCUT2D eigenvalue weighted by Gasteiger charge is -2.38. The minimum Gasteiger partial charge on any atom is -0.369 e. The van der Waals surface area contributed by atoms with Gasteiger partial charge in [0.05, 0.1) is 0 Å². The van der Waals surface area contributed by atoms with E-state index in [1.165, 1.54) is 12.5 Å². The van der Waals surface area contributed by atoms with Crippen molar-refractivity contribution in [2.45, 2.75) is 38.1 Å². The Morgan fingerprint density at radius 2 is 1.94 bits per heavy atom. The number of carbonyl (C=O) groups is 1. The van der Waals surface area contributed by atoms with Crippen LogP contribution < -0.4 is 15.5 Å². The molecule has 2 heterocycles. The molecule has 4 rings (SSSR count). The Kier molecular flexibility index (Phi) is 7.84. The maximum Gasteiger partial charge on any atom is 0.225 e. The van der Waals surface area contributed by atoms with Gasteiger partial charge in [-0.1, -0.05) is 12.5 Å². The third-order valence-corrected chi connectivity index (χ3v) is 7.02. The highest BCUT2D eigenvalue weighted by molar-refractivity contribution is 5.80. The molecule has 2 aliphatic heterocycles. The zero-order valence-corrected chi connectivity index (χ0v) is 19.2. The van der Waals surface area contributed by atoms with Gasteiger partial charge in [0.15, 0.2) is 5.96 Å². The molecule has 1 amide bonds. The van der Waals surface area contributed by atoms with Gasteiger partial charge in [-0.25, -0.2) is 4.39 Å². The van der Waals surface area contributed by atoms with Gasteiger partial charge in [0.2, 0.25) is 5.91 Å². The number of guanidine groups is 1. The lowest BCUT2D eigenvalue weighted by atomic mass is 9.84. The van der Waals surface area contributed by atoms with Crippen LogP contribution in [0.2, 0.25) is 0 Å². The number of piperazine rings is 1. The summed E-state index contributed by atoms with van der Waals surface area (Å²) in [5.74, 6) is 1.30. The van der Waals surface area contributed by atoms with E-state index in [1.54, 1.807) is 19.2 Å². The first kappa shape index (κ1) is 22.8. The van der Waals surface area contributed by atoms with Crippen LogP contribution in [0.5, 0.6) is 0 Å². The predicted octanol–water partition coefficient (Wildman–Crippen LogP) is 1.90. The lowest BCUT2D eigenvalue weighted by molar-refractivity contribution is -0.139. The molecule has 1 atom stereocenters. The molecule has 2 N–H and O–H groups in total. The third kappa shape index (κ3) is 5.91. The van der Waals surface area contributed by atoms with E-state index in [0.717, 1.165) is 89.7 Å². The number of hydrogen-bond acceptors (Lipinski definition) is 4. The van der Waals surface area contributed by atoms with Gasteiger partial charge in [-0.15, -0.1) is 0 Å².